The summed E-state index contributed by atoms with van der Waals surface area (Å²) in [7, 11) is 0. The van der Waals surface area contributed by atoms with Crippen LogP contribution in [0.25, 0.3) is 0 Å². The van der Waals surface area contributed by atoms with Gasteiger partial charge in [0.1, 0.15) is 0 Å². The van der Waals surface area contributed by atoms with Gasteiger partial charge in [0.15, 0.2) is 0 Å². The Labute approximate surface area is 121 Å². The van der Waals surface area contributed by atoms with E-state index < -0.39 is 0 Å². The average Bonchev–Trinajstić information content (AvgIpc) is 2.24. The van der Waals surface area contributed by atoms with Crippen LogP contribution in [0.2, 0.25) is 0 Å². The van der Waals surface area contributed by atoms with E-state index in [9.17, 15) is 9.59 Å². The summed E-state index contributed by atoms with van der Waals surface area (Å²) < 4.78 is 0. The molecule has 5 nitrogen and oxygen atoms in total. The Kier molecular flexibility index (Phi) is 7.37. The van der Waals surface area contributed by atoms with Crippen molar-refractivity contribution < 1.29 is 9.59 Å². The quantitative estimate of drug-likeness (QED) is 0.808. The fraction of sp³-hybridized carbons (Fsp3) is 0.846. The molecule has 0 spiro atoms. The van der Waals surface area contributed by atoms with E-state index in [-0.39, 0.29) is 42.2 Å². The van der Waals surface area contributed by atoms with E-state index in [1.807, 2.05) is 32.6 Å². The van der Waals surface area contributed by atoms with Gasteiger partial charge in [-0.3, -0.25) is 9.59 Å². The van der Waals surface area contributed by atoms with Crippen LogP contribution < -0.4 is 10.6 Å². The highest BCUT2D eigenvalue weighted by Crippen LogP contribution is 2.17. The number of carbonyl (C=O) groups excluding carboxylic acids is 2. The first-order valence-electron chi connectivity index (χ1n) is 6.56. The zero-order valence-electron chi connectivity index (χ0n) is 12.3. The lowest BCUT2D eigenvalue weighted by Crippen LogP contribution is -2.54. The van der Waals surface area contributed by atoms with E-state index in [0.29, 0.717) is 6.42 Å². The normalized spacial score (nSPS) is 19.6. The first-order chi connectivity index (χ1) is 8.29. The van der Waals surface area contributed by atoms with Crippen LogP contribution in [0, 0.1) is 5.41 Å². The van der Waals surface area contributed by atoms with Gasteiger partial charge in [-0.2, -0.15) is 0 Å². The molecule has 0 unspecified atom stereocenters. The molecule has 112 valence electrons. The van der Waals surface area contributed by atoms with Crippen molar-refractivity contribution in [1.29, 1.82) is 0 Å². The highest BCUT2D eigenvalue weighted by Gasteiger charge is 2.23. The third-order valence-electron chi connectivity index (χ3n) is 2.95. The standard InChI is InChI=1S/C13H25N3O2.ClH/c1-10-8-14-5-6-16(10)12(18)9-15-11(17)7-13(2,3)4;/h10,14H,5-9H2,1-4H3,(H,15,17);1H/t10-;/m1./s1. The van der Waals surface area contributed by atoms with Crippen LogP contribution in [0.1, 0.15) is 34.1 Å². The summed E-state index contributed by atoms with van der Waals surface area (Å²) >= 11 is 0. The zero-order valence-corrected chi connectivity index (χ0v) is 13.1. The van der Waals surface area contributed by atoms with Gasteiger partial charge in [-0.05, 0) is 12.3 Å². The molecule has 1 atom stereocenters. The van der Waals surface area contributed by atoms with Gasteiger partial charge in [0, 0.05) is 32.1 Å². The fourth-order valence-electron chi connectivity index (χ4n) is 2.03. The predicted octanol–water partition coefficient (Wildman–Crippen LogP) is 0.781. The van der Waals surface area contributed by atoms with Gasteiger partial charge in [0.2, 0.25) is 11.8 Å². The largest absolute Gasteiger partial charge is 0.347 e. The molecule has 2 amide bonds. The van der Waals surface area contributed by atoms with Gasteiger partial charge < -0.3 is 15.5 Å². The maximum Gasteiger partial charge on any atom is 0.242 e. The van der Waals surface area contributed by atoms with Gasteiger partial charge in [-0.15, -0.1) is 12.4 Å². The molecule has 0 aromatic heterocycles. The van der Waals surface area contributed by atoms with Crippen LogP contribution >= 0.6 is 12.4 Å². The molecule has 1 fully saturated rings. The molecule has 1 aliphatic heterocycles. The summed E-state index contributed by atoms with van der Waals surface area (Å²) in [5, 5.41) is 5.94. The molecule has 0 aliphatic carbocycles. The van der Waals surface area contributed by atoms with Crippen molar-refractivity contribution in [3.63, 3.8) is 0 Å². The summed E-state index contributed by atoms with van der Waals surface area (Å²) in [5.74, 6) is -0.0510. The van der Waals surface area contributed by atoms with E-state index in [2.05, 4.69) is 10.6 Å². The minimum atomic E-state index is -0.0568. The first kappa shape index (κ1) is 18.2. The van der Waals surface area contributed by atoms with Crippen molar-refractivity contribution in [3.05, 3.63) is 0 Å². The van der Waals surface area contributed by atoms with Gasteiger partial charge in [0.25, 0.3) is 0 Å². The number of carbonyl (C=O) groups is 2. The lowest BCUT2D eigenvalue weighted by atomic mass is 9.92. The van der Waals surface area contributed by atoms with E-state index in [0.717, 1.165) is 19.6 Å². The number of hydrogen-bond acceptors (Lipinski definition) is 3. The minimum absolute atomic E-state index is 0. The predicted molar refractivity (Wildman–Crippen MR) is 78.4 cm³/mol. The van der Waals surface area contributed by atoms with Crippen LogP contribution in [-0.2, 0) is 9.59 Å². The molecular weight excluding hydrogens is 266 g/mol. The van der Waals surface area contributed by atoms with Crippen LogP contribution in [0.3, 0.4) is 0 Å². The van der Waals surface area contributed by atoms with Crippen molar-refractivity contribution in [2.75, 3.05) is 26.2 Å². The number of nitrogens with zero attached hydrogens (tertiary/aromatic N) is 1. The van der Waals surface area contributed by atoms with E-state index in [1.54, 1.807) is 0 Å². The van der Waals surface area contributed by atoms with Crippen LogP contribution in [0.5, 0.6) is 0 Å². The van der Waals surface area contributed by atoms with E-state index in [1.165, 1.54) is 0 Å². The van der Waals surface area contributed by atoms with Gasteiger partial charge >= 0.3 is 0 Å². The lowest BCUT2D eigenvalue weighted by molar-refractivity contribution is -0.135. The molecule has 0 saturated carbocycles. The summed E-state index contributed by atoms with van der Waals surface area (Å²) in [4.78, 5) is 25.4. The third-order valence-corrected chi connectivity index (χ3v) is 2.95. The molecular formula is C13H26ClN3O2. The molecule has 19 heavy (non-hydrogen) atoms. The minimum Gasteiger partial charge on any atom is -0.347 e. The molecule has 0 aromatic carbocycles. The van der Waals surface area contributed by atoms with Crippen LogP contribution in [0.4, 0.5) is 0 Å². The number of halogens is 1. The molecule has 1 aliphatic rings. The number of amides is 2. The SMILES string of the molecule is C[C@@H]1CNCCN1C(=O)CNC(=O)CC(C)(C)C.Cl. The van der Waals surface area contributed by atoms with Crippen LogP contribution in [0.15, 0.2) is 0 Å². The Balaban J connectivity index is 0.00000324. The molecule has 6 heteroatoms. The van der Waals surface area contributed by atoms with Crippen molar-refractivity contribution >= 4 is 24.2 Å². The number of hydrogen-bond donors (Lipinski definition) is 2. The van der Waals surface area contributed by atoms with Crippen molar-refractivity contribution in [2.45, 2.75) is 40.2 Å². The monoisotopic (exact) mass is 291 g/mol. The smallest absolute Gasteiger partial charge is 0.242 e. The molecule has 0 radical (unpaired) electrons. The van der Waals surface area contributed by atoms with Gasteiger partial charge in [-0.1, -0.05) is 20.8 Å². The highest BCUT2D eigenvalue weighted by molar-refractivity contribution is 5.85. The molecule has 0 aromatic rings. The Morgan fingerprint density at radius 1 is 1.37 bits per heavy atom. The maximum absolute atomic E-state index is 12.0. The second-order valence-electron chi connectivity index (χ2n) is 6.15. The molecule has 2 N–H and O–H groups in total. The third kappa shape index (κ3) is 6.78. The molecule has 1 heterocycles. The number of rotatable bonds is 3. The van der Waals surface area contributed by atoms with Gasteiger partial charge in [-0.25, -0.2) is 0 Å². The second kappa shape index (κ2) is 7.70. The highest BCUT2D eigenvalue weighted by atomic mass is 35.5. The summed E-state index contributed by atoms with van der Waals surface area (Å²) in [6, 6.07) is 0.200. The fourth-order valence-corrected chi connectivity index (χ4v) is 2.03. The number of nitrogens with one attached hydrogen (secondary N) is 2. The Morgan fingerprint density at radius 2 is 2.00 bits per heavy atom. The average molecular weight is 292 g/mol. The Bertz CT molecular complexity index is 316. The summed E-state index contributed by atoms with van der Waals surface area (Å²) in [6.07, 6.45) is 0.442. The first-order valence-corrected chi connectivity index (χ1v) is 6.56. The van der Waals surface area contributed by atoms with Crippen molar-refractivity contribution in [3.8, 4) is 0 Å². The van der Waals surface area contributed by atoms with Crippen LogP contribution in [-0.4, -0.2) is 48.9 Å². The summed E-state index contributed by atoms with van der Waals surface area (Å²) in [5.41, 5.74) is -0.0462. The maximum atomic E-state index is 12.0. The topological polar surface area (TPSA) is 61.4 Å². The number of piperazine rings is 1. The Morgan fingerprint density at radius 3 is 2.53 bits per heavy atom. The lowest BCUT2D eigenvalue weighted by Gasteiger charge is -2.34. The molecule has 1 rings (SSSR count). The van der Waals surface area contributed by atoms with Crippen molar-refractivity contribution in [2.24, 2.45) is 5.41 Å². The Hall–Kier alpha value is -0.810. The molecule has 0 bridgehead atoms. The van der Waals surface area contributed by atoms with Gasteiger partial charge in [0.05, 0.1) is 6.54 Å². The zero-order chi connectivity index (χ0) is 13.8. The second-order valence-corrected chi connectivity index (χ2v) is 6.15. The van der Waals surface area contributed by atoms with E-state index in [4.69, 9.17) is 0 Å². The van der Waals surface area contributed by atoms with Crippen molar-refractivity contribution in [1.82, 2.24) is 15.5 Å². The van der Waals surface area contributed by atoms with E-state index >= 15 is 0 Å². The summed E-state index contributed by atoms with van der Waals surface area (Å²) in [6.45, 7) is 10.5. The molecule has 1 saturated heterocycles.